The van der Waals surface area contributed by atoms with Crippen molar-refractivity contribution < 1.29 is 4.79 Å². The van der Waals surface area contributed by atoms with E-state index in [1.165, 1.54) is 0 Å². The van der Waals surface area contributed by atoms with Crippen LogP contribution in [0.2, 0.25) is 0 Å². The normalized spacial score (nSPS) is 45.4. The van der Waals surface area contributed by atoms with Crippen LogP contribution in [0.4, 0.5) is 0 Å². The van der Waals surface area contributed by atoms with Gasteiger partial charge in [0, 0.05) is 15.6 Å². The minimum absolute atomic E-state index is 0.159. The van der Waals surface area contributed by atoms with Crippen LogP contribution in [-0.4, -0.2) is 15.9 Å². The molecule has 0 aromatic carbocycles. The van der Waals surface area contributed by atoms with E-state index in [0.29, 0.717) is 9.65 Å². The molecule has 0 heterocycles. The fraction of sp³-hybridized carbons (Fsp3) is 0.875. The lowest BCUT2D eigenvalue weighted by molar-refractivity contribution is -0.111. The number of halogens is 2. The number of aldehydes is 1. The first kappa shape index (κ1) is 9.72. The van der Waals surface area contributed by atoms with Crippen molar-refractivity contribution >= 4 is 38.1 Å². The number of alkyl halides is 2. The average molecular weight is 284 g/mol. The predicted molar refractivity (Wildman–Crippen MR) is 53.4 cm³/mol. The molecule has 1 rings (SSSR count). The van der Waals surface area contributed by atoms with Gasteiger partial charge in [0.25, 0.3) is 0 Å². The summed E-state index contributed by atoms with van der Waals surface area (Å²) in [7, 11) is 0. The van der Waals surface area contributed by atoms with Crippen molar-refractivity contribution in [2.75, 3.05) is 0 Å². The summed E-state index contributed by atoms with van der Waals surface area (Å²) in [5, 5.41) is 0. The second-order valence-corrected chi connectivity index (χ2v) is 5.67. The third-order valence-electron chi connectivity index (χ3n) is 2.25. The van der Waals surface area contributed by atoms with Crippen molar-refractivity contribution in [3.05, 3.63) is 0 Å². The SMILES string of the molecule is CC1CC(Br)C(C=O)C(Br)C1. The molecule has 0 N–H and O–H groups in total. The van der Waals surface area contributed by atoms with Gasteiger partial charge in [-0.1, -0.05) is 38.8 Å². The van der Waals surface area contributed by atoms with Crippen LogP contribution in [0.15, 0.2) is 0 Å². The standard InChI is InChI=1S/C8H12Br2O/c1-5-2-7(9)6(4-11)8(10)3-5/h4-8H,2-3H2,1H3. The summed E-state index contributed by atoms with van der Waals surface area (Å²) in [6.07, 6.45) is 3.29. The van der Waals surface area contributed by atoms with Crippen LogP contribution in [0.25, 0.3) is 0 Å². The molecule has 11 heavy (non-hydrogen) atoms. The average Bonchev–Trinajstić information content (AvgIpc) is 1.85. The summed E-state index contributed by atoms with van der Waals surface area (Å²) in [4.78, 5) is 11.4. The topological polar surface area (TPSA) is 17.1 Å². The lowest BCUT2D eigenvalue weighted by atomic mass is 9.83. The zero-order chi connectivity index (χ0) is 8.43. The number of rotatable bonds is 1. The molecule has 0 amide bonds. The predicted octanol–water partition coefficient (Wildman–Crippen LogP) is 2.76. The second kappa shape index (κ2) is 4.04. The minimum Gasteiger partial charge on any atom is -0.303 e. The van der Waals surface area contributed by atoms with E-state index in [2.05, 4.69) is 38.8 Å². The quantitative estimate of drug-likeness (QED) is 0.534. The first-order chi connectivity index (χ1) is 5.15. The Labute approximate surface area is 84.2 Å². The van der Waals surface area contributed by atoms with Crippen LogP contribution in [0.3, 0.4) is 0 Å². The van der Waals surface area contributed by atoms with E-state index in [1.54, 1.807) is 0 Å². The molecular formula is C8H12Br2O. The van der Waals surface area contributed by atoms with Gasteiger partial charge >= 0.3 is 0 Å². The van der Waals surface area contributed by atoms with E-state index in [1.807, 2.05) is 0 Å². The smallest absolute Gasteiger partial charge is 0.125 e. The number of hydrogen-bond donors (Lipinski definition) is 0. The van der Waals surface area contributed by atoms with E-state index < -0.39 is 0 Å². The summed E-state index contributed by atoms with van der Waals surface area (Å²) in [5.74, 6) is 0.881. The van der Waals surface area contributed by atoms with Gasteiger partial charge in [-0.3, -0.25) is 0 Å². The molecular weight excluding hydrogens is 272 g/mol. The maximum Gasteiger partial charge on any atom is 0.125 e. The van der Waals surface area contributed by atoms with Crippen molar-refractivity contribution in [2.45, 2.75) is 29.4 Å². The second-order valence-electron chi connectivity index (χ2n) is 3.32. The van der Waals surface area contributed by atoms with Crippen LogP contribution >= 0.6 is 31.9 Å². The Kier molecular flexibility index (Phi) is 3.56. The van der Waals surface area contributed by atoms with E-state index in [-0.39, 0.29) is 5.92 Å². The molecule has 0 spiro atoms. The fourth-order valence-corrected chi connectivity index (χ4v) is 4.25. The van der Waals surface area contributed by atoms with E-state index in [0.717, 1.165) is 25.0 Å². The van der Waals surface area contributed by atoms with Crippen molar-refractivity contribution in [3.8, 4) is 0 Å². The molecule has 0 bridgehead atoms. The zero-order valence-electron chi connectivity index (χ0n) is 6.47. The van der Waals surface area contributed by atoms with Crippen LogP contribution in [0, 0.1) is 11.8 Å². The van der Waals surface area contributed by atoms with Gasteiger partial charge in [-0.2, -0.15) is 0 Å². The van der Waals surface area contributed by atoms with Gasteiger partial charge in [0.2, 0.25) is 0 Å². The molecule has 3 heteroatoms. The molecule has 0 radical (unpaired) electrons. The maximum atomic E-state index is 10.6. The summed E-state index contributed by atoms with van der Waals surface area (Å²) in [6, 6.07) is 0. The zero-order valence-corrected chi connectivity index (χ0v) is 9.64. The van der Waals surface area contributed by atoms with Gasteiger partial charge in [0.05, 0.1) is 0 Å². The molecule has 0 aliphatic heterocycles. The van der Waals surface area contributed by atoms with E-state index >= 15 is 0 Å². The van der Waals surface area contributed by atoms with Gasteiger partial charge in [-0.25, -0.2) is 0 Å². The van der Waals surface area contributed by atoms with Crippen molar-refractivity contribution in [1.29, 1.82) is 0 Å². The van der Waals surface area contributed by atoms with Crippen molar-refractivity contribution in [1.82, 2.24) is 0 Å². The largest absolute Gasteiger partial charge is 0.303 e. The Balaban J connectivity index is 2.58. The van der Waals surface area contributed by atoms with Crippen LogP contribution in [0.5, 0.6) is 0 Å². The molecule has 2 unspecified atom stereocenters. The van der Waals surface area contributed by atoms with Crippen molar-refractivity contribution in [3.63, 3.8) is 0 Å². The lowest BCUT2D eigenvalue weighted by Gasteiger charge is -2.32. The molecule has 1 fully saturated rings. The first-order valence-electron chi connectivity index (χ1n) is 3.88. The third kappa shape index (κ3) is 2.28. The molecule has 1 aliphatic carbocycles. The molecule has 0 saturated heterocycles. The maximum absolute atomic E-state index is 10.6. The van der Waals surface area contributed by atoms with Gasteiger partial charge in [0.1, 0.15) is 6.29 Å². The summed E-state index contributed by atoms with van der Waals surface area (Å²) >= 11 is 7.07. The molecule has 0 aromatic rings. The Morgan fingerprint density at radius 2 is 1.73 bits per heavy atom. The van der Waals surface area contributed by atoms with Gasteiger partial charge in [0.15, 0.2) is 0 Å². The summed E-state index contributed by atoms with van der Waals surface area (Å²) < 4.78 is 0. The number of hydrogen-bond acceptors (Lipinski definition) is 1. The molecule has 1 saturated carbocycles. The lowest BCUT2D eigenvalue weighted by Crippen LogP contribution is -2.33. The monoisotopic (exact) mass is 282 g/mol. The summed E-state index contributed by atoms with van der Waals surface area (Å²) in [5.41, 5.74) is 0. The highest BCUT2D eigenvalue weighted by molar-refractivity contribution is 9.10. The Morgan fingerprint density at radius 3 is 2.09 bits per heavy atom. The van der Waals surface area contributed by atoms with Gasteiger partial charge in [-0.05, 0) is 18.8 Å². The first-order valence-corrected chi connectivity index (χ1v) is 5.71. The Bertz CT molecular complexity index is 137. The molecule has 1 nitrogen and oxygen atoms in total. The minimum atomic E-state index is 0.159. The molecule has 64 valence electrons. The Morgan fingerprint density at radius 1 is 1.27 bits per heavy atom. The van der Waals surface area contributed by atoms with Gasteiger partial charge < -0.3 is 4.79 Å². The van der Waals surface area contributed by atoms with E-state index in [4.69, 9.17) is 0 Å². The number of carbonyl (C=O) groups is 1. The van der Waals surface area contributed by atoms with Crippen molar-refractivity contribution in [2.24, 2.45) is 11.8 Å². The van der Waals surface area contributed by atoms with Crippen LogP contribution < -0.4 is 0 Å². The molecule has 1 aliphatic rings. The van der Waals surface area contributed by atoms with Crippen LogP contribution in [-0.2, 0) is 4.79 Å². The highest BCUT2D eigenvalue weighted by Gasteiger charge is 2.32. The fourth-order valence-electron chi connectivity index (χ4n) is 1.58. The third-order valence-corrected chi connectivity index (χ3v) is 4.22. The highest BCUT2D eigenvalue weighted by Crippen LogP contribution is 2.36. The molecule has 2 atom stereocenters. The number of carbonyl (C=O) groups excluding carboxylic acids is 1. The van der Waals surface area contributed by atoms with Crippen LogP contribution in [0.1, 0.15) is 19.8 Å². The van der Waals surface area contributed by atoms with E-state index in [9.17, 15) is 4.79 Å². The highest BCUT2D eigenvalue weighted by atomic mass is 79.9. The Hall–Kier alpha value is 0.630. The molecule has 0 aromatic heterocycles. The van der Waals surface area contributed by atoms with Gasteiger partial charge in [-0.15, -0.1) is 0 Å². The summed E-state index contributed by atoms with van der Waals surface area (Å²) in [6.45, 7) is 2.23.